The molecule has 0 saturated heterocycles. The van der Waals surface area contributed by atoms with Gasteiger partial charge in [0.15, 0.2) is 17.2 Å². The van der Waals surface area contributed by atoms with Crippen molar-refractivity contribution in [3.63, 3.8) is 0 Å². The van der Waals surface area contributed by atoms with Crippen LogP contribution in [0.4, 0.5) is 10.1 Å². The van der Waals surface area contributed by atoms with Gasteiger partial charge >= 0.3 is 0 Å². The minimum absolute atomic E-state index is 0.130. The normalized spacial score (nSPS) is 11.8. The molecule has 0 saturated carbocycles. The Morgan fingerprint density at radius 1 is 1.00 bits per heavy atom. The molecule has 1 aromatic carbocycles. The van der Waals surface area contributed by atoms with Gasteiger partial charge in [0.25, 0.3) is 0 Å². The summed E-state index contributed by atoms with van der Waals surface area (Å²) < 4.78 is 13.5. The standard InChI is InChI=1S/C30H27FN8/c1-17(14-30(2,3)4)34-21-13-19(15-32-16-21)23-9-10-24-26(35-23)27(39-38-24)29-36-25-22(11-12-33-28(25)37-29)18-5-7-20(31)8-6-18/h5-13,15-16,34H,1,14H2,2-4H3,(H,38,39)(H,33,36,37). The number of fused-ring (bicyclic) bond motifs is 2. The topological polar surface area (TPSA) is 108 Å². The molecule has 0 radical (unpaired) electrons. The highest BCUT2D eigenvalue weighted by molar-refractivity contribution is 5.95. The zero-order valence-corrected chi connectivity index (χ0v) is 21.9. The largest absolute Gasteiger partial charge is 0.358 e. The summed E-state index contributed by atoms with van der Waals surface area (Å²) in [5.74, 6) is 0.251. The SMILES string of the molecule is C=C(CC(C)(C)C)Nc1cncc(-c2ccc3[nH]nc(-c4nc5nccc(-c6ccc(F)cc6)c5[nH]4)c3n2)c1. The van der Waals surface area contributed by atoms with Crippen LogP contribution >= 0.6 is 0 Å². The van der Waals surface area contributed by atoms with Gasteiger partial charge < -0.3 is 10.3 Å². The van der Waals surface area contributed by atoms with Gasteiger partial charge in [0.05, 0.1) is 28.6 Å². The number of pyridine rings is 3. The van der Waals surface area contributed by atoms with E-state index in [0.29, 0.717) is 22.7 Å². The average Bonchev–Trinajstić information content (AvgIpc) is 3.52. The molecular weight excluding hydrogens is 491 g/mol. The number of nitrogens with one attached hydrogen (secondary N) is 3. The number of anilines is 1. The Labute approximate surface area is 224 Å². The van der Waals surface area contributed by atoms with Crippen molar-refractivity contribution < 1.29 is 4.39 Å². The second-order valence-corrected chi connectivity index (χ2v) is 10.7. The number of nitrogens with zero attached hydrogens (tertiary/aromatic N) is 5. The van der Waals surface area contributed by atoms with Crippen molar-refractivity contribution in [1.82, 2.24) is 35.1 Å². The predicted octanol–water partition coefficient (Wildman–Crippen LogP) is 7.13. The number of aromatic amines is 2. The Balaban J connectivity index is 1.36. The van der Waals surface area contributed by atoms with Crippen molar-refractivity contribution >= 4 is 27.9 Å². The Bertz CT molecular complexity index is 1830. The Morgan fingerprint density at radius 3 is 2.62 bits per heavy atom. The molecule has 0 bridgehead atoms. The highest BCUT2D eigenvalue weighted by Crippen LogP contribution is 2.32. The Morgan fingerprint density at radius 2 is 1.82 bits per heavy atom. The number of hydrogen-bond donors (Lipinski definition) is 3. The first-order valence-electron chi connectivity index (χ1n) is 12.6. The van der Waals surface area contributed by atoms with Crippen LogP contribution in [0.2, 0.25) is 0 Å². The van der Waals surface area contributed by atoms with Crippen LogP contribution in [0.1, 0.15) is 27.2 Å². The van der Waals surface area contributed by atoms with E-state index < -0.39 is 0 Å². The molecule has 9 heteroatoms. The molecule has 0 spiro atoms. The first-order chi connectivity index (χ1) is 18.7. The van der Waals surface area contributed by atoms with E-state index in [-0.39, 0.29) is 11.2 Å². The molecule has 0 atom stereocenters. The fraction of sp³-hybridized carbons (Fsp3) is 0.167. The number of benzene rings is 1. The van der Waals surface area contributed by atoms with Crippen molar-refractivity contribution in [2.45, 2.75) is 27.2 Å². The molecule has 0 unspecified atom stereocenters. The maximum Gasteiger partial charge on any atom is 0.178 e. The van der Waals surface area contributed by atoms with E-state index in [1.807, 2.05) is 24.3 Å². The third-order valence-electron chi connectivity index (χ3n) is 6.28. The molecule has 3 N–H and O–H groups in total. The van der Waals surface area contributed by atoms with Gasteiger partial charge in [-0.25, -0.2) is 19.3 Å². The van der Waals surface area contributed by atoms with Crippen LogP contribution in [0, 0.1) is 11.2 Å². The first-order valence-corrected chi connectivity index (χ1v) is 12.6. The lowest BCUT2D eigenvalue weighted by atomic mass is 9.91. The molecule has 5 aromatic heterocycles. The van der Waals surface area contributed by atoms with E-state index >= 15 is 0 Å². The molecule has 0 fully saturated rings. The molecule has 6 rings (SSSR count). The lowest BCUT2D eigenvalue weighted by Gasteiger charge is -2.20. The zero-order chi connectivity index (χ0) is 27.1. The van der Waals surface area contributed by atoms with Crippen molar-refractivity contribution in [3.05, 3.63) is 85.2 Å². The first kappa shape index (κ1) is 24.4. The quantitative estimate of drug-likeness (QED) is 0.217. The number of H-pyrrole nitrogens is 2. The van der Waals surface area contributed by atoms with Gasteiger partial charge in [0, 0.05) is 29.2 Å². The van der Waals surface area contributed by atoms with Crippen molar-refractivity contribution in [3.8, 4) is 33.9 Å². The summed E-state index contributed by atoms with van der Waals surface area (Å²) in [6, 6.07) is 14.1. The van der Waals surface area contributed by atoms with Crippen LogP contribution < -0.4 is 5.32 Å². The van der Waals surface area contributed by atoms with Gasteiger partial charge in [-0.15, -0.1) is 0 Å². The number of halogens is 1. The third-order valence-corrected chi connectivity index (χ3v) is 6.28. The summed E-state index contributed by atoms with van der Waals surface area (Å²) in [6.45, 7) is 10.7. The monoisotopic (exact) mass is 518 g/mol. The molecule has 5 heterocycles. The molecule has 0 amide bonds. The van der Waals surface area contributed by atoms with Crippen molar-refractivity contribution in [2.75, 3.05) is 5.32 Å². The van der Waals surface area contributed by atoms with Crippen LogP contribution in [0.15, 0.2) is 79.4 Å². The average molecular weight is 519 g/mol. The summed E-state index contributed by atoms with van der Waals surface area (Å²) in [5, 5.41) is 10.9. The smallest absolute Gasteiger partial charge is 0.178 e. The number of aromatic nitrogens is 7. The fourth-order valence-electron chi connectivity index (χ4n) is 4.65. The van der Waals surface area contributed by atoms with Crippen LogP contribution in [0.5, 0.6) is 0 Å². The highest BCUT2D eigenvalue weighted by Gasteiger charge is 2.18. The second-order valence-electron chi connectivity index (χ2n) is 10.7. The van der Waals surface area contributed by atoms with Gasteiger partial charge in [0.2, 0.25) is 0 Å². The summed E-state index contributed by atoms with van der Waals surface area (Å²) in [5.41, 5.74) is 8.57. The lowest BCUT2D eigenvalue weighted by Crippen LogP contribution is -2.10. The minimum atomic E-state index is -0.287. The molecule has 6 aromatic rings. The van der Waals surface area contributed by atoms with Gasteiger partial charge in [-0.05, 0) is 53.8 Å². The number of hydrogen-bond acceptors (Lipinski definition) is 6. The van der Waals surface area contributed by atoms with Crippen molar-refractivity contribution in [2.24, 2.45) is 5.41 Å². The third kappa shape index (κ3) is 4.98. The fourth-order valence-corrected chi connectivity index (χ4v) is 4.65. The van der Waals surface area contributed by atoms with Crippen LogP contribution in [-0.2, 0) is 0 Å². The maximum atomic E-state index is 13.5. The van der Waals surface area contributed by atoms with Crippen LogP contribution in [0.25, 0.3) is 56.1 Å². The van der Waals surface area contributed by atoms with Crippen LogP contribution in [0.3, 0.4) is 0 Å². The highest BCUT2D eigenvalue weighted by atomic mass is 19.1. The van der Waals surface area contributed by atoms with E-state index in [1.165, 1.54) is 12.1 Å². The van der Waals surface area contributed by atoms with Gasteiger partial charge in [-0.1, -0.05) is 39.5 Å². The van der Waals surface area contributed by atoms with E-state index in [9.17, 15) is 4.39 Å². The summed E-state index contributed by atoms with van der Waals surface area (Å²) in [6.07, 6.45) is 6.09. The molecule has 0 aliphatic rings. The number of rotatable bonds is 6. The van der Waals surface area contributed by atoms with E-state index in [1.54, 1.807) is 30.7 Å². The molecule has 194 valence electrons. The summed E-state index contributed by atoms with van der Waals surface area (Å²) >= 11 is 0. The number of imidazole rings is 1. The molecule has 0 aliphatic carbocycles. The van der Waals surface area contributed by atoms with Gasteiger partial charge in [-0.2, -0.15) is 5.10 Å². The summed E-state index contributed by atoms with van der Waals surface area (Å²) in [7, 11) is 0. The maximum absolute atomic E-state index is 13.5. The van der Waals surface area contributed by atoms with Gasteiger partial charge in [0.1, 0.15) is 11.3 Å². The van der Waals surface area contributed by atoms with Crippen molar-refractivity contribution in [1.29, 1.82) is 0 Å². The Hall–Kier alpha value is -4.92. The minimum Gasteiger partial charge on any atom is -0.358 e. The molecular formula is C30H27FN8. The van der Waals surface area contributed by atoms with Crippen LogP contribution in [-0.4, -0.2) is 35.1 Å². The molecule has 8 nitrogen and oxygen atoms in total. The molecule has 39 heavy (non-hydrogen) atoms. The van der Waals surface area contributed by atoms with E-state index in [0.717, 1.165) is 51.2 Å². The van der Waals surface area contributed by atoms with E-state index in [2.05, 4.69) is 57.8 Å². The number of allylic oxidation sites excluding steroid dienone is 1. The lowest BCUT2D eigenvalue weighted by molar-refractivity contribution is 0.411. The molecule has 0 aliphatic heterocycles. The summed E-state index contributed by atoms with van der Waals surface area (Å²) in [4.78, 5) is 21.8. The Kier molecular flexibility index (Phi) is 5.91. The van der Waals surface area contributed by atoms with Gasteiger partial charge in [-0.3, -0.25) is 10.1 Å². The van der Waals surface area contributed by atoms with E-state index in [4.69, 9.17) is 9.97 Å². The predicted molar refractivity (Wildman–Crippen MR) is 152 cm³/mol. The second kappa shape index (κ2) is 9.43. The zero-order valence-electron chi connectivity index (χ0n) is 21.9.